The first kappa shape index (κ1) is 14.1. The van der Waals surface area contributed by atoms with Crippen molar-refractivity contribution in [2.75, 3.05) is 0 Å². The Morgan fingerprint density at radius 2 is 1.68 bits per heavy atom. The summed E-state index contributed by atoms with van der Waals surface area (Å²) in [6.07, 6.45) is 0. The third kappa shape index (κ3) is 1.98. The first-order valence-electron chi connectivity index (χ1n) is 7.50. The van der Waals surface area contributed by atoms with E-state index in [1.807, 2.05) is 32.1 Å². The zero-order valence-electron chi connectivity index (χ0n) is 13.1. The standard InChI is InChI=1S/C18H18BO2S/c1-17(2)18(3,4)21-19(20-17)12-9-10-14-13-7-5-6-8-15(13)22-16(14)11-12/h5-11H,1H2,2-4H3/q+1. The molecule has 1 saturated heterocycles. The van der Waals surface area contributed by atoms with Crippen LogP contribution in [0, 0.1) is 6.92 Å². The van der Waals surface area contributed by atoms with Gasteiger partial charge in [0.2, 0.25) is 5.60 Å². The Balaban J connectivity index is 1.79. The molecule has 22 heavy (non-hydrogen) atoms. The maximum Gasteiger partial charge on any atom is 0.498 e. The van der Waals surface area contributed by atoms with Crippen LogP contribution < -0.4 is 5.46 Å². The van der Waals surface area contributed by atoms with Crippen LogP contribution in [0.4, 0.5) is 0 Å². The van der Waals surface area contributed by atoms with E-state index in [4.69, 9.17) is 9.31 Å². The summed E-state index contributed by atoms with van der Waals surface area (Å²) in [5, 5.41) is 2.60. The normalized spacial score (nSPS) is 24.4. The highest BCUT2D eigenvalue weighted by Crippen LogP contribution is 2.37. The van der Waals surface area contributed by atoms with Gasteiger partial charge in [-0.1, -0.05) is 30.3 Å². The lowest BCUT2D eigenvalue weighted by Gasteiger charge is -2.25. The molecule has 2 aromatic carbocycles. The molecule has 2 heterocycles. The molecule has 4 heteroatoms. The van der Waals surface area contributed by atoms with Crippen molar-refractivity contribution in [3.63, 3.8) is 0 Å². The monoisotopic (exact) mass is 309 g/mol. The fraction of sp³-hybridized carbons (Fsp3) is 0.278. The first-order valence-corrected chi connectivity index (χ1v) is 8.31. The number of hydrogen-bond acceptors (Lipinski definition) is 3. The minimum absolute atomic E-state index is 0.355. The van der Waals surface area contributed by atoms with Gasteiger partial charge in [0.05, 0.1) is 6.92 Å². The lowest BCUT2D eigenvalue weighted by molar-refractivity contribution is 0.0262. The smallest absolute Gasteiger partial charge is 0.395 e. The van der Waals surface area contributed by atoms with Crippen LogP contribution >= 0.6 is 11.3 Å². The Bertz CT molecular complexity index is 850. The van der Waals surface area contributed by atoms with E-state index >= 15 is 0 Å². The molecule has 2 nitrogen and oxygen atoms in total. The summed E-state index contributed by atoms with van der Waals surface area (Å²) in [4.78, 5) is 0. The SMILES string of the molecule is [CH2+]C1(C)OB(c2ccc3c(c2)sc2ccccc23)OC1(C)C. The van der Waals surface area contributed by atoms with E-state index in [0.29, 0.717) is 0 Å². The average Bonchev–Trinajstić information content (AvgIpc) is 2.93. The number of fused-ring (bicyclic) bond motifs is 3. The number of hydrogen-bond donors (Lipinski definition) is 0. The molecule has 0 N–H and O–H groups in total. The number of rotatable bonds is 1. The van der Waals surface area contributed by atoms with Gasteiger partial charge in [-0.15, -0.1) is 11.3 Å². The second-order valence-corrected chi connectivity index (χ2v) is 7.75. The molecule has 0 radical (unpaired) electrons. The molecule has 0 aliphatic carbocycles. The van der Waals surface area contributed by atoms with Crippen LogP contribution in [0.15, 0.2) is 42.5 Å². The van der Waals surface area contributed by atoms with Crippen molar-refractivity contribution in [3.05, 3.63) is 49.4 Å². The summed E-state index contributed by atoms with van der Waals surface area (Å²) >= 11 is 1.81. The van der Waals surface area contributed by atoms with Gasteiger partial charge in [-0.3, -0.25) is 0 Å². The third-order valence-corrected chi connectivity index (χ3v) is 5.85. The van der Waals surface area contributed by atoms with Gasteiger partial charge in [0.1, 0.15) is 5.60 Å². The van der Waals surface area contributed by atoms with Crippen LogP contribution in [0.2, 0.25) is 0 Å². The highest BCUT2D eigenvalue weighted by Gasteiger charge is 2.57. The summed E-state index contributed by atoms with van der Waals surface area (Å²) in [5.41, 5.74) is 0.0963. The quantitative estimate of drug-likeness (QED) is 0.496. The number of benzene rings is 2. The van der Waals surface area contributed by atoms with Crippen molar-refractivity contribution < 1.29 is 9.31 Å². The van der Waals surface area contributed by atoms with E-state index in [-0.39, 0.29) is 7.12 Å². The Kier molecular flexibility index (Phi) is 2.90. The van der Waals surface area contributed by atoms with Crippen molar-refractivity contribution in [2.45, 2.75) is 32.0 Å². The largest absolute Gasteiger partial charge is 0.498 e. The summed E-state index contributed by atoms with van der Waals surface area (Å²) in [6.45, 7) is 10.2. The lowest BCUT2D eigenvalue weighted by atomic mass is 9.79. The minimum atomic E-state index is -0.549. The van der Waals surface area contributed by atoms with Crippen LogP contribution in [0.5, 0.6) is 0 Å². The van der Waals surface area contributed by atoms with E-state index in [1.165, 1.54) is 20.2 Å². The van der Waals surface area contributed by atoms with Crippen LogP contribution in [-0.2, 0) is 9.31 Å². The van der Waals surface area contributed by atoms with Gasteiger partial charge in [0.15, 0.2) is 0 Å². The van der Waals surface area contributed by atoms with Gasteiger partial charge in [-0.25, -0.2) is 0 Å². The molecular formula is C18H18BO2S+. The predicted octanol–water partition coefficient (Wildman–Crippen LogP) is 4.17. The van der Waals surface area contributed by atoms with Gasteiger partial charge < -0.3 is 9.31 Å². The fourth-order valence-corrected chi connectivity index (χ4v) is 3.97. The summed E-state index contributed by atoms with van der Waals surface area (Å²) in [6, 6.07) is 15.0. The van der Waals surface area contributed by atoms with Crippen LogP contribution in [0.1, 0.15) is 20.8 Å². The molecule has 0 saturated carbocycles. The average molecular weight is 309 g/mol. The van der Waals surface area contributed by atoms with Crippen LogP contribution in [0.3, 0.4) is 0 Å². The number of thiophene rings is 1. The van der Waals surface area contributed by atoms with Gasteiger partial charge in [0.25, 0.3) is 0 Å². The Labute approximate surface area is 135 Å². The summed E-state index contributed by atoms with van der Waals surface area (Å²) < 4.78 is 14.7. The van der Waals surface area contributed by atoms with Crippen LogP contribution in [-0.4, -0.2) is 18.3 Å². The maximum absolute atomic E-state index is 6.09. The van der Waals surface area contributed by atoms with E-state index in [2.05, 4.69) is 49.4 Å². The summed E-state index contributed by atoms with van der Waals surface area (Å²) in [7, 11) is -0.355. The molecule has 1 unspecified atom stereocenters. The topological polar surface area (TPSA) is 18.5 Å². The molecule has 0 amide bonds. The minimum Gasteiger partial charge on any atom is -0.395 e. The molecule has 0 bridgehead atoms. The van der Waals surface area contributed by atoms with E-state index in [0.717, 1.165) is 5.46 Å². The van der Waals surface area contributed by atoms with Gasteiger partial charge in [0, 0.05) is 27.1 Å². The molecule has 110 valence electrons. The molecular weight excluding hydrogens is 291 g/mol. The molecule has 1 aromatic heterocycles. The maximum atomic E-state index is 6.09. The summed E-state index contributed by atoms with van der Waals surface area (Å²) in [5.74, 6) is 0. The second kappa shape index (κ2) is 4.51. The molecule has 4 rings (SSSR count). The Hall–Kier alpha value is -1.49. The van der Waals surface area contributed by atoms with Crippen molar-refractivity contribution in [1.29, 1.82) is 0 Å². The molecule has 1 atom stereocenters. The van der Waals surface area contributed by atoms with Crippen molar-refractivity contribution in [2.24, 2.45) is 0 Å². The highest BCUT2D eigenvalue weighted by atomic mass is 32.1. The third-order valence-electron chi connectivity index (χ3n) is 4.72. The molecule has 1 aliphatic rings. The fourth-order valence-electron chi connectivity index (χ4n) is 2.82. The highest BCUT2D eigenvalue weighted by molar-refractivity contribution is 7.25. The zero-order valence-corrected chi connectivity index (χ0v) is 13.9. The van der Waals surface area contributed by atoms with Gasteiger partial charge in [-0.2, -0.15) is 0 Å². The van der Waals surface area contributed by atoms with Gasteiger partial charge >= 0.3 is 7.12 Å². The molecule has 3 aromatic rings. The zero-order chi connectivity index (χ0) is 15.5. The molecule has 0 spiro atoms. The Morgan fingerprint density at radius 3 is 2.41 bits per heavy atom. The van der Waals surface area contributed by atoms with E-state index in [9.17, 15) is 0 Å². The lowest BCUT2D eigenvalue weighted by Crippen LogP contribution is -2.42. The molecule has 1 aliphatic heterocycles. The second-order valence-electron chi connectivity index (χ2n) is 6.66. The van der Waals surface area contributed by atoms with Crippen molar-refractivity contribution in [3.8, 4) is 0 Å². The van der Waals surface area contributed by atoms with Crippen molar-refractivity contribution >= 4 is 44.1 Å². The van der Waals surface area contributed by atoms with Crippen molar-refractivity contribution in [1.82, 2.24) is 0 Å². The Morgan fingerprint density at radius 1 is 0.955 bits per heavy atom. The first-order chi connectivity index (χ1) is 10.4. The van der Waals surface area contributed by atoms with Crippen LogP contribution in [0.25, 0.3) is 20.2 Å². The molecule has 1 fully saturated rings. The van der Waals surface area contributed by atoms with E-state index < -0.39 is 11.2 Å². The predicted molar refractivity (Wildman–Crippen MR) is 94.7 cm³/mol. The van der Waals surface area contributed by atoms with Gasteiger partial charge in [-0.05, 0) is 31.4 Å². The van der Waals surface area contributed by atoms with E-state index in [1.54, 1.807) is 0 Å².